The molecule has 1 aromatic rings. The molecule has 0 heterocycles. The van der Waals surface area contributed by atoms with Crippen LogP contribution in [0.4, 0.5) is 0 Å². The molecule has 1 N–H and O–H groups in total. The fourth-order valence-corrected chi connectivity index (χ4v) is 4.66. The van der Waals surface area contributed by atoms with Crippen molar-refractivity contribution in [2.24, 2.45) is 23.7 Å². The van der Waals surface area contributed by atoms with E-state index in [1.807, 2.05) is 24.5 Å². The van der Waals surface area contributed by atoms with Crippen LogP contribution in [0.25, 0.3) is 0 Å². The van der Waals surface area contributed by atoms with Crippen molar-refractivity contribution in [2.75, 3.05) is 24.9 Å². The van der Waals surface area contributed by atoms with E-state index in [1.54, 1.807) is 11.8 Å². The third-order valence-electron chi connectivity index (χ3n) is 6.20. The van der Waals surface area contributed by atoms with E-state index in [9.17, 15) is 9.59 Å². The van der Waals surface area contributed by atoms with Gasteiger partial charge in [0.25, 0.3) is 0 Å². The summed E-state index contributed by atoms with van der Waals surface area (Å²) >= 11 is 6.11. The van der Waals surface area contributed by atoms with Crippen LogP contribution in [0.2, 0.25) is 0 Å². The number of esters is 1. The summed E-state index contributed by atoms with van der Waals surface area (Å²) < 4.78 is 4.94. The maximum Gasteiger partial charge on any atom is 0.328 e. The summed E-state index contributed by atoms with van der Waals surface area (Å²) in [5.74, 6) is 2.36. The number of rotatable bonds is 16. The Labute approximate surface area is 211 Å². The average Bonchev–Trinajstić information content (AvgIpc) is 2.82. The highest BCUT2D eigenvalue weighted by Crippen LogP contribution is 2.25. The molecule has 0 saturated carbocycles. The van der Waals surface area contributed by atoms with Crippen molar-refractivity contribution in [2.45, 2.75) is 58.9 Å². The smallest absolute Gasteiger partial charge is 0.328 e. The van der Waals surface area contributed by atoms with E-state index in [-0.39, 0.29) is 17.8 Å². The molecule has 0 radical (unpaired) electrons. The van der Waals surface area contributed by atoms with Gasteiger partial charge in [-0.25, -0.2) is 4.79 Å². The van der Waals surface area contributed by atoms with E-state index >= 15 is 0 Å². The molecule has 3 unspecified atom stereocenters. The summed E-state index contributed by atoms with van der Waals surface area (Å²) in [7, 11) is 1.37. The van der Waals surface area contributed by atoms with Crippen LogP contribution >= 0.6 is 24.4 Å². The van der Waals surface area contributed by atoms with Gasteiger partial charge in [-0.05, 0) is 73.2 Å². The van der Waals surface area contributed by atoms with Crippen molar-refractivity contribution < 1.29 is 14.3 Å². The van der Waals surface area contributed by atoms with Gasteiger partial charge < -0.3 is 10.1 Å². The number of hydrogen-bond donors (Lipinski definition) is 2. The molecule has 1 aromatic carbocycles. The number of benzene rings is 1. The minimum atomic E-state index is -0.602. The van der Waals surface area contributed by atoms with Crippen LogP contribution in [0.1, 0.15) is 52.0 Å². The van der Waals surface area contributed by atoms with Gasteiger partial charge in [-0.1, -0.05) is 63.3 Å². The lowest BCUT2D eigenvalue weighted by Gasteiger charge is -2.24. The minimum Gasteiger partial charge on any atom is -0.467 e. The Morgan fingerprint density at radius 3 is 2.36 bits per heavy atom. The van der Waals surface area contributed by atoms with E-state index in [2.05, 4.69) is 63.0 Å². The van der Waals surface area contributed by atoms with E-state index in [0.717, 1.165) is 36.3 Å². The van der Waals surface area contributed by atoms with Crippen LogP contribution in [-0.4, -0.2) is 42.8 Å². The third kappa shape index (κ3) is 11.5. The molecule has 1 rings (SSSR count). The lowest BCUT2D eigenvalue weighted by Crippen LogP contribution is -2.45. The number of nitrogens with one attached hydrogen (secondary N) is 1. The lowest BCUT2D eigenvalue weighted by molar-refractivity contribution is -0.145. The summed E-state index contributed by atoms with van der Waals surface area (Å²) in [4.78, 5) is 25.6. The van der Waals surface area contributed by atoms with Gasteiger partial charge in [0.2, 0.25) is 5.91 Å². The van der Waals surface area contributed by atoms with Crippen molar-refractivity contribution in [3.8, 4) is 0 Å². The van der Waals surface area contributed by atoms with Crippen LogP contribution < -0.4 is 5.32 Å². The monoisotopic (exact) mass is 493 g/mol. The van der Waals surface area contributed by atoms with Gasteiger partial charge >= 0.3 is 5.97 Å². The van der Waals surface area contributed by atoms with Gasteiger partial charge in [-0.3, -0.25) is 4.79 Å². The third-order valence-corrected chi connectivity index (χ3v) is 7.32. The predicted molar refractivity (Wildman–Crippen MR) is 145 cm³/mol. The Bertz CT molecular complexity index is 705. The number of carbonyl (C=O) groups excluding carboxylic acids is 2. The van der Waals surface area contributed by atoms with E-state index in [1.165, 1.54) is 7.11 Å². The molecular weight excluding hydrogens is 450 g/mol. The van der Waals surface area contributed by atoms with Crippen LogP contribution in [0.3, 0.4) is 0 Å². The minimum absolute atomic E-state index is 0.0661. The van der Waals surface area contributed by atoms with Crippen molar-refractivity contribution >= 4 is 36.3 Å². The van der Waals surface area contributed by atoms with Gasteiger partial charge in [-0.2, -0.15) is 24.4 Å². The van der Waals surface area contributed by atoms with Crippen LogP contribution in [0.5, 0.6) is 0 Å². The molecule has 0 spiro atoms. The summed E-state index contributed by atoms with van der Waals surface area (Å²) in [5.41, 5.74) is 1.13. The second kappa shape index (κ2) is 17.1. The number of amides is 1. The molecule has 4 atom stereocenters. The molecule has 0 aliphatic heterocycles. The van der Waals surface area contributed by atoms with Crippen LogP contribution in [0, 0.1) is 23.7 Å². The molecule has 0 fully saturated rings. The SMILES string of the molecule is CCC(C=CC(CCC(Cc1ccccc1)C(=O)N[C@@H](CCSC)C(=O)OC)C(C)C)CS. The zero-order valence-corrected chi connectivity index (χ0v) is 22.7. The summed E-state index contributed by atoms with van der Waals surface area (Å²) in [6.45, 7) is 6.65. The van der Waals surface area contributed by atoms with Crippen molar-refractivity contribution in [1.29, 1.82) is 0 Å². The first-order chi connectivity index (χ1) is 15.9. The van der Waals surface area contributed by atoms with Gasteiger partial charge in [0.1, 0.15) is 6.04 Å². The fraction of sp³-hybridized carbons (Fsp3) is 0.630. The predicted octanol–water partition coefficient (Wildman–Crippen LogP) is 5.82. The van der Waals surface area contributed by atoms with E-state index < -0.39 is 6.04 Å². The maximum absolute atomic E-state index is 13.3. The highest BCUT2D eigenvalue weighted by molar-refractivity contribution is 7.98. The number of carbonyl (C=O) groups is 2. The number of ether oxygens (including phenoxy) is 1. The summed E-state index contributed by atoms with van der Waals surface area (Å²) in [6.07, 6.45) is 10.6. The number of thiol groups is 1. The second-order valence-corrected chi connectivity index (χ2v) is 10.3. The summed E-state index contributed by atoms with van der Waals surface area (Å²) in [6, 6.07) is 9.51. The van der Waals surface area contributed by atoms with Crippen molar-refractivity contribution in [3.05, 3.63) is 48.0 Å². The molecule has 33 heavy (non-hydrogen) atoms. The Hall–Kier alpha value is -1.40. The van der Waals surface area contributed by atoms with Crippen molar-refractivity contribution in [3.63, 3.8) is 0 Å². The maximum atomic E-state index is 13.3. The molecule has 0 aliphatic rings. The first-order valence-corrected chi connectivity index (χ1v) is 14.1. The van der Waals surface area contributed by atoms with Gasteiger partial charge in [0, 0.05) is 5.92 Å². The van der Waals surface area contributed by atoms with Crippen LogP contribution in [-0.2, 0) is 20.7 Å². The highest BCUT2D eigenvalue weighted by atomic mass is 32.2. The second-order valence-electron chi connectivity index (χ2n) is 8.97. The lowest BCUT2D eigenvalue weighted by atomic mass is 9.84. The highest BCUT2D eigenvalue weighted by Gasteiger charge is 2.27. The quantitative estimate of drug-likeness (QED) is 0.173. The fourth-order valence-electron chi connectivity index (χ4n) is 3.81. The topological polar surface area (TPSA) is 55.4 Å². The molecule has 0 saturated heterocycles. The average molecular weight is 494 g/mol. The summed E-state index contributed by atoms with van der Waals surface area (Å²) in [5, 5.41) is 2.99. The van der Waals surface area contributed by atoms with Crippen LogP contribution in [0.15, 0.2) is 42.5 Å². The van der Waals surface area contributed by atoms with E-state index in [0.29, 0.717) is 30.6 Å². The number of methoxy groups -OCH3 is 1. The van der Waals surface area contributed by atoms with E-state index in [4.69, 9.17) is 4.74 Å². The Kier molecular flexibility index (Phi) is 15.4. The number of allylic oxidation sites excluding steroid dienone is 2. The molecule has 1 amide bonds. The molecular formula is C27H43NO3S2. The zero-order valence-electron chi connectivity index (χ0n) is 21.0. The molecule has 0 aromatic heterocycles. The number of hydrogen-bond acceptors (Lipinski definition) is 5. The molecule has 0 aliphatic carbocycles. The number of thioether (sulfide) groups is 1. The first-order valence-electron chi connectivity index (χ1n) is 12.1. The first kappa shape index (κ1) is 29.6. The molecule has 6 heteroatoms. The Morgan fingerprint density at radius 2 is 1.82 bits per heavy atom. The molecule has 186 valence electrons. The largest absolute Gasteiger partial charge is 0.467 e. The normalized spacial score (nSPS) is 15.2. The van der Waals surface area contributed by atoms with Crippen molar-refractivity contribution in [1.82, 2.24) is 5.32 Å². The Morgan fingerprint density at radius 1 is 1.12 bits per heavy atom. The van der Waals surface area contributed by atoms with Gasteiger partial charge in [0.05, 0.1) is 7.11 Å². The van der Waals surface area contributed by atoms with Gasteiger partial charge in [-0.15, -0.1) is 0 Å². The van der Waals surface area contributed by atoms with Gasteiger partial charge in [0.15, 0.2) is 0 Å². The molecule has 0 bridgehead atoms. The Balaban J connectivity index is 2.98. The zero-order chi connectivity index (χ0) is 24.6. The standard InChI is InChI=1S/C27H43NO3S2/c1-6-21(19-32)12-13-23(20(2)3)14-15-24(18-22-10-8-7-9-11-22)26(29)28-25(16-17-33-5)27(30)31-4/h7-13,20-21,23-25,32H,6,14-19H2,1-5H3,(H,28,29)/t21?,23?,24?,25-/m0/s1. The molecule has 4 nitrogen and oxygen atoms in total.